The van der Waals surface area contributed by atoms with Crippen LogP contribution >= 0.6 is 0 Å². The maximum absolute atomic E-state index is 13.6. The van der Waals surface area contributed by atoms with E-state index in [1.54, 1.807) is 6.92 Å². The van der Waals surface area contributed by atoms with Crippen LogP contribution in [-0.4, -0.2) is 25.8 Å². The number of sulfonamides is 1. The lowest BCUT2D eigenvalue weighted by Gasteiger charge is -2.20. The van der Waals surface area contributed by atoms with E-state index in [4.69, 9.17) is 5.26 Å². The van der Waals surface area contributed by atoms with Crippen molar-refractivity contribution in [3.8, 4) is 6.07 Å². The smallest absolute Gasteiger partial charge is 0.207 e. The Morgan fingerprint density at radius 2 is 2.00 bits per heavy atom. The average Bonchev–Trinajstić information content (AvgIpc) is 2.33. The minimum absolute atomic E-state index is 0.0104. The summed E-state index contributed by atoms with van der Waals surface area (Å²) in [5, 5.41) is 8.52. The first-order chi connectivity index (χ1) is 8.93. The molecule has 0 heterocycles. The highest BCUT2D eigenvalue weighted by molar-refractivity contribution is 7.89. The Balaban J connectivity index is 3.15. The van der Waals surface area contributed by atoms with Gasteiger partial charge in [-0.15, -0.1) is 0 Å². The van der Waals surface area contributed by atoms with Crippen molar-refractivity contribution in [1.82, 2.24) is 4.31 Å². The summed E-state index contributed by atoms with van der Waals surface area (Å²) in [6.45, 7) is 1.94. The van der Waals surface area contributed by atoms with E-state index >= 15 is 0 Å². The first kappa shape index (κ1) is 15.5. The Labute approximate surface area is 111 Å². The van der Waals surface area contributed by atoms with Crippen LogP contribution < -0.4 is 0 Å². The number of nitriles is 1. The van der Waals surface area contributed by atoms with Gasteiger partial charge in [0.2, 0.25) is 10.0 Å². The van der Waals surface area contributed by atoms with Gasteiger partial charge < -0.3 is 0 Å². The topological polar surface area (TPSA) is 61.2 Å². The van der Waals surface area contributed by atoms with Gasteiger partial charge in [-0.3, -0.25) is 0 Å². The van der Waals surface area contributed by atoms with E-state index in [2.05, 4.69) is 0 Å². The van der Waals surface area contributed by atoms with Crippen molar-refractivity contribution in [2.45, 2.75) is 24.7 Å². The molecule has 1 aromatic carbocycles. The maximum atomic E-state index is 13.6. The standard InChI is InChI=1S/C12H14F2N2O2S/c1-2-7-16(8-3-6-15)19(17,18)12-5-4-10(13)9-11(12)14/h4-5,9H,2-3,7-8H2,1H3. The molecule has 0 amide bonds. The summed E-state index contributed by atoms with van der Waals surface area (Å²) in [6.07, 6.45) is 0.551. The highest BCUT2D eigenvalue weighted by Crippen LogP contribution is 2.20. The van der Waals surface area contributed by atoms with Crippen molar-refractivity contribution < 1.29 is 17.2 Å². The molecule has 0 spiro atoms. The summed E-state index contributed by atoms with van der Waals surface area (Å²) < 4.78 is 51.8. The number of benzene rings is 1. The molecule has 0 fully saturated rings. The molecule has 0 N–H and O–H groups in total. The third kappa shape index (κ3) is 3.72. The Hall–Kier alpha value is -1.52. The van der Waals surface area contributed by atoms with Crippen molar-refractivity contribution in [2.24, 2.45) is 0 Å². The number of hydrogen-bond acceptors (Lipinski definition) is 3. The minimum atomic E-state index is -4.04. The lowest BCUT2D eigenvalue weighted by atomic mass is 10.3. The van der Waals surface area contributed by atoms with Gasteiger partial charge >= 0.3 is 0 Å². The van der Waals surface area contributed by atoms with E-state index in [1.165, 1.54) is 0 Å². The van der Waals surface area contributed by atoms with Crippen LogP contribution in [0.2, 0.25) is 0 Å². The molecule has 4 nitrogen and oxygen atoms in total. The second kappa shape index (κ2) is 6.59. The van der Waals surface area contributed by atoms with Gasteiger partial charge in [0, 0.05) is 25.6 Å². The zero-order valence-electron chi connectivity index (χ0n) is 10.4. The second-order valence-electron chi connectivity index (χ2n) is 3.89. The number of hydrogen-bond donors (Lipinski definition) is 0. The lowest BCUT2D eigenvalue weighted by molar-refractivity contribution is 0.413. The Kier molecular flexibility index (Phi) is 5.39. The average molecular weight is 288 g/mol. The molecule has 7 heteroatoms. The highest BCUT2D eigenvalue weighted by atomic mass is 32.2. The van der Waals surface area contributed by atoms with Crippen LogP contribution in [-0.2, 0) is 10.0 Å². The van der Waals surface area contributed by atoms with Crippen molar-refractivity contribution >= 4 is 10.0 Å². The SMILES string of the molecule is CCCN(CCC#N)S(=O)(=O)c1ccc(F)cc1F. The van der Waals surface area contributed by atoms with Gasteiger partial charge in [0.15, 0.2) is 0 Å². The lowest BCUT2D eigenvalue weighted by Crippen LogP contribution is -2.33. The summed E-state index contributed by atoms with van der Waals surface area (Å²) in [5.74, 6) is -1.96. The van der Waals surface area contributed by atoms with E-state index in [1.807, 2.05) is 6.07 Å². The van der Waals surface area contributed by atoms with Crippen LogP contribution in [0.3, 0.4) is 0 Å². The van der Waals surface area contributed by atoms with Crippen LogP contribution in [0.1, 0.15) is 19.8 Å². The molecule has 0 aliphatic rings. The Morgan fingerprint density at radius 1 is 1.32 bits per heavy atom. The predicted molar refractivity (Wildman–Crippen MR) is 65.6 cm³/mol. The summed E-state index contributed by atoms with van der Waals surface area (Å²) >= 11 is 0. The summed E-state index contributed by atoms with van der Waals surface area (Å²) in [4.78, 5) is -0.569. The quantitative estimate of drug-likeness (QED) is 0.806. The number of nitrogens with zero attached hydrogens (tertiary/aromatic N) is 2. The first-order valence-electron chi connectivity index (χ1n) is 5.75. The fraction of sp³-hybridized carbons (Fsp3) is 0.417. The molecule has 0 atom stereocenters. The van der Waals surface area contributed by atoms with Gasteiger partial charge in [0.1, 0.15) is 16.5 Å². The van der Waals surface area contributed by atoms with Crippen molar-refractivity contribution in [2.75, 3.05) is 13.1 Å². The van der Waals surface area contributed by atoms with Crippen LogP contribution in [0.4, 0.5) is 8.78 Å². The number of rotatable bonds is 6. The maximum Gasteiger partial charge on any atom is 0.246 e. The summed E-state index contributed by atoms with van der Waals surface area (Å²) in [7, 11) is -4.04. The van der Waals surface area contributed by atoms with Gasteiger partial charge in [-0.1, -0.05) is 6.92 Å². The van der Waals surface area contributed by atoms with Gasteiger partial charge in [-0.2, -0.15) is 9.57 Å². The molecule has 0 saturated heterocycles. The molecule has 0 aromatic heterocycles. The number of halogens is 2. The van der Waals surface area contributed by atoms with Gasteiger partial charge in [-0.25, -0.2) is 17.2 Å². The normalized spacial score (nSPS) is 11.5. The zero-order valence-corrected chi connectivity index (χ0v) is 11.3. The summed E-state index contributed by atoms with van der Waals surface area (Å²) in [6, 6.07) is 4.16. The molecule has 0 unspecified atom stereocenters. The fourth-order valence-electron chi connectivity index (χ4n) is 1.60. The van der Waals surface area contributed by atoms with Crippen LogP contribution in [0.25, 0.3) is 0 Å². The van der Waals surface area contributed by atoms with E-state index in [9.17, 15) is 17.2 Å². The Morgan fingerprint density at radius 3 is 2.53 bits per heavy atom. The molecule has 0 aliphatic carbocycles. The minimum Gasteiger partial charge on any atom is -0.207 e. The van der Waals surface area contributed by atoms with E-state index in [0.29, 0.717) is 12.5 Å². The molecule has 1 rings (SSSR count). The molecular formula is C12H14F2N2O2S. The zero-order chi connectivity index (χ0) is 14.5. The van der Waals surface area contributed by atoms with E-state index in [-0.39, 0.29) is 19.5 Å². The molecule has 19 heavy (non-hydrogen) atoms. The first-order valence-corrected chi connectivity index (χ1v) is 7.19. The van der Waals surface area contributed by atoms with Gasteiger partial charge in [0.25, 0.3) is 0 Å². The highest BCUT2D eigenvalue weighted by Gasteiger charge is 2.26. The van der Waals surface area contributed by atoms with Crippen LogP contribution in [0.15, 0.2) is 23.1 Å². The van der Waals surface area contributed by atoms with E-state index < -0.39 is 26.6 Å². The van der Waals surface area contributed by atoms with Crippen molar-refractivity contribution in [1.29, 1.82) is 5.26 Å². The van der Waals surface area contributed by atoms with Crippen LogP contribution in [0.5, 0.6) is 0 Å². The van der Waals surface area contributed by atoms with Crippen molar-refractivity contribution in [3.05, 3.63) is 29.8 Å². The molecule has 1 aromatic rings. The summed E-state index contributed by atoms with van der Waals surface area (Å²) in [5.41, 5.74) is 0. The predicted octanol–water partition coefficient (Wildman–Crippen LogP) is 2.28. The molecule has 0 saturated carbocycles. The second-order valence-corrected chi connectivity index (χ2v) is 5.79. The monoisotopic (exact) mass is 288 g/mol. The molecule has 0 aliphatic heterocycles. The van der Waals surface area contributed by atoms with Gasteiger partial charge in [0.05, 0.1) is 6.07 Å². The fourth-order valence-corrected chi connectivity index (χ4v) is 3.18. The van der Waals surface area contributed by atoms with E-state index in [0.717, 1.165) is 16.4 Å². The largest absolute Gasteiger partial charge is 0.246 e. The molecule has 0 radical (unpaired) electrons. The van der Waals surface area contributed by atoms with Crippen LogP contribution in [0, 0.1) is 23.0 Å². The third-order valence-electron chi connectivity index (χ3n) is 2.46. The molecule has 104 valence electrons. The van der Waals surface area contributed by atoms with Gasteiger partial charge in [-0.05, 0) is 18.6 Å². The third-order valence-corrected chi connectivity index (χ3v) is 4.39. The molecular weight excluding hydrogens is 274 g/mol. The molecule has 0 bridgehead atoms. The Bertz CT molecular complexity index is 582. The van der Waals surface area contributed by atoms with Crippen molar-refractivity contribution in [3.63, 3.8) is 0 Å².